The van der Waals surface area contributed by atoms with Gasteiger partial charge in [-0.1, -0.05) is 54.6 Å². The van der Waals surface area contributed by atoms with Crippen molar-refractivity contribution in [3.05, 3.63) is 175 Å². The topological polar surface area (TPSA) is 73.2 Å². The van der Waals surface area contributed by atoms with Crippen LogP contribution in [0.1, 0.15) is 0 Å². The molecule has 0 saturated heterocycles. The normalized spacial score (nSPS) is 11.0. The maximum absolute atomic E-state index is 7.48. The van der Waals surface area contributed by atoms with Gasteiger partial charge in [-0.25, -0.2) is 14.7 Å². The first-order valence-corrected chi connectivity index (χ1v) is 16.6. The SMILES string of the molecule is [C-]#[N+]c1cc([N+]#[C-])cc(-c2ccc(-c3cc4c5cccnc5c(-c5cc(-c6ccncc6)nc(-c6ccncc6)c5)cc4c4cccnc34)cc2)c1. The second kappa shape index (κ2) is 12.7. The van der Waals surface area contributed by atoms with E-state index in [1.807, 2.05) is 73.1 Å². The second-order valence-electron chi connectivity index (χ2n) is 12.4. The molecule has 0 amide bonds. The van der Waals surface area contributed by atoms with E-state index in [1.54, 1.807) is 30.9 Å². The van der Waals surface area contributed by atoms with Gasteiger partial charge >= 0.3 is 0 Å². The van der Waals surface area contributed by atoms with Crippen LogP contribution in [0, 0.1) is 13.1 Å². The minimum atomic E-state index is 0.450. The first-order valence-electron chi connectivity index (χ1n) is 16.6. The summed E-state index contributed by atoms with van der Waals surface area (Å²) in [5, 5.41) is 4.23. The van der Waals surface area contributed by atoms with Crippen molar-refractivity contribution >= 4 is 44.0 Å². The summed E-state index contributed by atoms with van der Waals surface area (Å²) in [6, 6.07) is 38.4. The van der Waals surface area contributed by atoms with Crippen molar-refractivity contribution in [1.82, 2.24) is 24.9 Å². The molecule has 52 heavy (non-hydrogen) atoms. The molecule has 7 nitrogen and oxygen atoms in total. The number of hydrogen-bond donors (Lipinski definition) is 0. The highest BCUT2D eigenvalue weighted by Crippen LogP contribution is 2.42. The number of rotatable bonds is 5. The van der Waals surface area contributed by atoms with E-state index < -0.39 is 0 Å². The fourth-order valence-corrected chi connectivity index (χ4v) is 6.90. The van der Waals surface area contributed by atoms with E-state index in [0.29, 0.717) is 11.4 Å². The van der Waals surface area contributed by atoms with E-state index in [4.69, 9.17) is 28.1 Å². The van der Waals surface area contributed by atoms with E-state index >= 15 is 0 Å². The van der Waals surface area contributed by atoms with Gasteiger partial charge in [0.05, 0.1) is 35.6 Å². The molecule has 0 aliphatic heterocycles. The van der Waals surface area contributed by atoms with Crippen LogP contribution >= 0.6 is 0 Å². The van der Waals surface area contributed by atoms with Crippen molar-refractivity contribution in [1.29, 1.82) is 0 Å². The minimum Gasteiger partial charge on any atom is -0.265 e. The molecule has 0 radical (unpaired) electrons. The Morgan fingerprint density at radius 2 is 0.865 bits per heavy atom. The van der Waals surface area contributed by atoms with Crippen LogP contribution in [-0.2, 0) is 0 Å². The van der Waals surface area contributed by atoms with Gasteiger partial charge in [0.25, 0.3) is 0 Å². The Morgan fingerprint density at radius 3 is 1.37 bits per heavy atom. The van der Waals surface area contributed by atoms with Gasteiger partial charge in [0, 0.05) is 70.2 Å². The smallest absolute Gasteiger partial charge is 0.177 e. The third kappa shape index (κ3) is 5.36. The molecule has 0 spiro atoms. The van der Waals surface area contributed by atoms with Gasteiger partial charge in [-0.3, -0.25) is 19.9 Å². The van der Waals surface area contributed by atoms with Crippen molar-refractivity contribution in [3.63, 3.8) is 0 Å². The summed E-state index contributed by atoms with van der Waals surface area (Å²) in [6.07, 6.45) is 10.8. The molecule has 9 rings (SSSR count). The summed E-state index contributed by atoms with van der Waals surface area (Å²) in [4.78, 5) is 30.5. The van der Waals surface area contributed by atoms with Gasteiger partial charge in [-0.2, -0.15) is 0 Å². The van der Waals surface area contributed by atoms with E-state index in [9.17, 15) is 0 Å². The maximum Gasteiger partial charge on any atom is 0.177 e. The summed E-state index contributed by atoms with van der Waals surface area (Å²) in [6.45, 7) is 15.0. The molecule has 0 saturated carbocycles. The van der Waals surface area contributed by atoms with Gasteiger partial charge in [0.1, 0.15) is 0 Å². The van der Waals surface area contributed by atoms with E-state index in [1.165, 1.54) is 0 Å². The Kier molecular flexibility index (Phi) is 7.43. The summed E-state index contributed by atoms with van der Waals surface area (Å²) in [5.74, 6) is 0. The van der Waals surface area contributed by atoms with Crippen LogP contribution in [0.4, 0.5) is 11.4 Å². The lowest BCUT2D eigenvalue weighted by Gasteiger charge is -2.16. The Balaban J connectivity index is 1.26. The van der Waals surface area contributed by atoms with E-state index in [2.05, 4.69) is 68.2 Å². The highest BCUT2D eigenvalue weighted by molar-refractivity contribution is 6.22. The van der Waals surface area contributed by atoms with Crippen LogP contribution < -0.4 is 0 Å². The van der Waals surface area contributed by atoms with Gasteiger partial charge in [0.2, 0.25) is 0 Å². The lowest BCUT2D eigenvalue weighted by atomic mass is 9.90. The molecule has 0 N–H and O–H groups in total. The first-order chi connectivity index (χ1) is 25.7. The lowest BCUT2D eigenvalue weighted by Crippen LogP contribution is -1.94. The third-order valence-electron chi connectivity index (χ3n) is 9.35. The van der Waals surface area contributed by atoms with Crippen molar-refractivity contribution in [3.8, 4) is 55.9 Å². The summed E-state index contributed by atoms with van der Waals surface area (Å²) < 4.78 is 0. The van der Waals surface area contributed by atoms with Crippen molar-refractivity contribution in [2.75, 3.05) is 0 Å². The van der Waals surface area contributed by atoms with Gasteiger partial charge in [-0.05, 0) is 93.7 Å². The number of benzene rings is 4. The molecular weight excluding hydrogens is 639 g/mol. The summed E-state index contributed by atoms with van der Waals surface area (Å²) >= 11 is 0. The molecule has 5 aromatic heterocycles. The van der Waals surface area contributed by atoms with Gasteiger partial charge in [0.15, 0.2) is 11.4 Å². The van der Waals surface area contributed by atoms with Gasteiger partial charge < -0.3 is 0 Å². The molecule has 240 valence electrons. The maximum atomic E-state index is 7.48. The number of pyridine rings is 5. The molecule has 0 bridgehead atoms. The first kappa shape index (κ1) is 30.4. The third-order valence-corrected chi connectivity index (χ3v) is 9.35. The largest absolute Gasteiger partial charge is 0.265 e. The molecule has 9 aromatic rings. The fourth-order valence-electron chi connectivity index (χ4n) is 6.90. The zero-order chi connectivity index (χ0) is 35.0. The Bertz CT molecular complexity index is 2820. The highest BCUT2D eigenvalue weighted by atomic mass is 14.7. The standard InChI is InChI=1S/C45H25N7/c1-46-34-21-32(22-35(25-34)47-2)28-7-9-29(10-8-28)38-26-40-37-6-4-16-51-45(37)39(27-41(40)36-5-3-15-50-44(36)38)33-23-42(30-11-17-48-18-12-30)52-43(24-33)31-13-19-49-20-14-31/h3-27H. The number of aromatic nitrogens is 5. The van der Waals surface area contributed by atoms with E-state index in [0.717, 1.165) is 88.5 Å². The lowest BCUT2D eigenvalue weighted by molar-refractivity contribution is 1.27. The molecule has 7 heteroatoms. The van der Waals surface area contributed by atoms with Crippen molar-refractivity contribution in [2.45, 2.75) is 0 Å². The quantitative estimate of drug-likeness (QED) is 0.135. The van der Waals surface area contributed by atoms with E-state index in [-0.39, 0.29) is 0 Å². The molecule has 0 atom stereocenters. The molecule has 4 aromatic carbocycles. The zero-order valence-corrected chi connectivity index (χ0v) is 27.6. The van der Waals surface area contributed by atoms with Gasteiger partial charge in [-0.15, -0.1) is 0 Å². The molecule has 5 heterocycles. The van der Waals surface area contributed by atoms with Crippen LogP contribution in [0.5, 0.6) is 0 Å². The fraction of sp³-hybridized carbons (Fsp3) is 0. The van der Waals surface area contributed by atoms with Crippen LogP contribution in [0.15, 0.2) is 152 Å². The summed E-state index contributed by atoms with van der Waals surface area (Å²) in [5.41, 5.74) is 12.1. The Labute approximate surface area is 299 Å². The highest BCUT2D eigenvalue weighted by Gasteiger charge is 2.18. The Hall–Kier alpha value is -7.61. The molecule has 0 unspecified atom stereocenters. The average molecular weight is 664 g/mol. The van der Waals surface area contributed by atoms with Crippen molar-refractivity contribution < 1.29 is 0 Å². The molecule has 0 aliphatic rings. The second-order valence-corrected chi connectivity index (χ2v) is 12.4. The zero-order valence-electron chi connectivity index (χ0n) is 27.6. The number of nitrogens with zero attached hydrogens (tertiary/aromatic N) is 7. The molecule has 0 aliphatic carbocycles. The molecule has 0 fully saturated rings. The summed E-state index contributed by atoms with van der Waals surface area (Å²) in [7, 11) is 0. The van der Waals surface area contributed by atoms with Crippen LogP contribution in [0.25, 0.3) is 98.2 Å². The molecular formula is C45H25N7. The van der Waals surface area contributed by atoms with Crippen molar-refractivity contribution in [2.24, 2.45) is 0 Å². The van der Waals surface area contributed by atoms with Crippen LogP contribution in [0.2, 0.25) is 0 Å². The Morgan fingerprint density at radius 1 is 0.385 bits per heavy atom. The van der Waals surface area contributed by atoms with Crippen LogP contribution in [0.3, 0.4) is 0 Å². The average Bonchev–Trinajstić information content (AvgIpc) is 3.23. The predicted molar refractivity (Wildman–Crippen MR) is 208 cm³/mol. The number of fused-ring (bicyclic) bond motifs is 5. The monoisotopic (exact) mass is 663 g/mol. The van der Waals surface area contributed by atoms with Crippen LogP contribution in [-0.4, -0.2) is 24.9 Å². The number of hydrogen-bond acceptors (Lipinski definition) is 5. The predicted octanol–water partition coefficient (Wildman–Crippen LogP) is 11.6. The minimum absolute atomic E-state index is 0.450.